The van der Waals surface area contributed by atoms with Crippen LogP contribution in [0.1, 0.15) is 43.2 Å². The molecule has 2 atom stereocenters. The standard InChI is InChI=1S/C16H21ClO/c1-11-6-5-7-12(2)15(11)18-14-10-13(17)16(14)8-3-4-9-16/h5-7,13-14H,3-4,8-10H2,1-2H3. The van der Waals surface area contributed by atoms with Crippen molar-refractivity contribution in [2.45, 2.75) is 57.4 Å². The molecular weight excluding hydrogens is 244 g/mol. The van der Waals surface area contributed by atoms with Gasteiger partial charge in [0.1, 0.15) is 11.9 Å². The number of hydrogen-bond donors (Lipinski definition) is 0. The van der Waals surface area contributed by atoms with Gasteiger partial charge < -0.3 is 4.74 Å². The first-order valence-electron chi connectivity index (χ1n) is 7.00. The third-order valence-corrected chi connectivity index (χ3v) is 5.50. The van der Waals surface area contributed by atoms with Gasteiger partial charge in [0.25, 0.3) is 0 Å². The molecule has 2 aliphatic rings. The molecule has 0 heterocycles. The van der Waals surface area contributed by atoms with Crippen LogP contribution in [0.2, 0.25) is 0 Å². The summed E-state index contributed by atoms with van der Waals surface area (Å²) in [5.41, 5.74) is 2.75. The number of aryl methyl sites for hydroxylation is 2. The SMILES string of the molecule is Cc1cccc(C)c1OC1CC(Cl)C12CCCC2. The van der Waals surface area contributed by atoms with Gasteiger partial charge >= 0.3 is 0 Å². The molecule has 0 saturated heterocycles. The van der Waals surface area contributed by atoms with Gasteiger partial charge in [-0.05, 0) is 37.8 Å². The van der Waals surface area contributed by atoms with Crippen LogP contribution in [0, 0.1) is 19.3 Å². The smallest absolute Gasteiger partial charge is 0.125 e. The third-order valence-electron chi connectivity index (χ3n) is 4.89. The topological polar surface area (TPSA) is 9.23 Å². The maximum absolute atomic E-state index is 6.47. The molecule has 1 aromatic carbocycles. The van der Waals surface area contributed by atoms with Gasteiger partial charge in [-0.15, -0.1) is 11.6 Å². The normalized spacial score (nSPS) is 29.3. The minimum atomic E-state index is 0.274. The maximum Gasteiger partial charge on any atom is 0.125 e. The Labute approximate surface area is 114 Å². The van der Waals surface area contributed by atoms with E-state index in [1.165, 1.54) is 36.8 Å². The van der Waals surface area contributed by atoms with Crippen molar-refractivity contribution in [2.75, 3.05) is 0 Å². The first-order chi connectivity index (χ1) is 8.63. The summed E-state index contributed by atoms with van der Waals surface area (Å²) in [6.07, 6.45) is 6.47. The Balaban J connectivity index is 1.81. The molecule has 0 N–H and O–H groups in total. The highest BCUT2D eigenvalue weighted by molar-refractivity contribution is 6.21. The van der Waals surface area contributed by atoms with Crippen LogP contribution in [0.25, 0.3) is 0 Å². The van der Waals surface area contributed by atoms with Crippen LogP contribution in [0.5, 0.6) is 5.75 Å². The molecule has 0 radical (unpaired) electrons. The lowest BCUT2D eigenvalue weighted by atomic mass is 9.64. The number of hydrogen-bond acceptors (Lipinski definition) is 1. The lowest BCUT2D eigenvalue weighted by molar-refractivity contribution is -0.0362. The molecular formula is C16H21ClO. The first-order valence-corrected chi connectivity index (χ1v) is 7.44. The molecule has 2 saturated carbocycles. The first kappa shape index (κ1) is 12.3. The summed E-state index contributed by atoms with van der Waals surface area (Å²) in [4.78, 5) is 0. The number of alkyl halides is 1. The average molecular weight is 265 g/mol. The van der Waals surface area contributed by atoms with Gasteiger partial charge in [0, 0.05) is 17.2 Å². The van der Waals surface area contributed by atoms with Gasteiger partial charge in [0.05, 0.1) is 0 Å². The third kappa shape index (κ3) is 1.75. The van der Waals surface area contributed by atoms with Crippen molar-refractivity contribution >= 4 is 11.6 Å². The highest BCUT2D eigenvalue weighted by Crippen LogP contribution is 2.57. The second kappa shape index (κ2) is 4.45. The fourth-order valence-electron chi connectivity index (χ4n) is 3.66. The number of para-hydroxylation sites is 1. The minimum Gasteiger partial charge on any atom is -0.489 e. The summed E-state index contributed by atoms with van der Waals surface area (Å²) in [5.74, 6) is 1.08. The van der Waals surface area contributed by atoms with Gasteiger partial charge in [-0.2, -0.15) is 0 Å². The molecule has 0 aromatic heterocycles. The van der Waals surface area contributed by atoms with E-state index in [1.54, 1.807) is 0 Å². The minimum absolute atomic E-state index is 0.274. The van der Waals surface area contributed by atoms with Crippen LogP contribution in [0.15, 0.2) is 18.2 Å². The molecule has 18 heavy (non-hydrogen) atoms. The molecule has 2 heteroatoms. The average Bonchev–Trinajstić information content (AvgIpc) is 2.84. The van der Waals surface area contributed by atoms with Crippen molar-refractivity contribution in [3.8, 4) is 5.75 Å². The second-order valence-corrected chi connectivity index (χ2v) is 6.50. The second-order valence-electron chi connectivity index (χ2n) is 5.97. The van der Waals surface area contributed by atoms with Crippen molar-refractivity contribution < 1.29 is 4.74 Å². The number of halogens is 1. The zero-order valence-corrected chi connectivity index (χ0v) is 12.0. The van der Waals surface area contributed by atoms with Gasteiger partial charge in [0.15, 0.2) is 0 Å². The predicted molar refractivity (Wildman–Crippen MR) is 75.5 cm³/mol. The van der Waals surface area contributed by atoms with Gasteiger partial charge in [-0.1, -0.05) is 31.0 Å². The Kier molecular flexibility index (Phi) is 3.05. The Morgan fingerprint density at radius 3 is 2.33 bits per heavy atom. The molecule has 2 aliphatic carbocycles. The van der Waals surface area contributed by atoms with E-state index < -0.39 is 0 Å². The van der Waals surface area contributed by atoms with Crippen molar-refractivity contribution in [1.82, 2.24) is 0 Å². The van der Waals surface area contributed by atoms with E-state index in [0.717, 1.165) is 12.2 Å². The zero-order valence-electron chi connectivity index (χ0n) is 11.2. The molecule has 98 valence electrons. The Morgan fingerprint density at radius 1 is 1.17 bits per heavy atom. The molecule has 0 aliphatic heterocycles. The summed E-state index contributed by atoms with van der Waals surface area (Å²) < 4.78 is 6.34. The van der Waals surface area contributed by atoms with Gasteiger partial charge in [0.2, 0.25) is 0 Å². The van der Waals surface area contributed by atoms with Crippen molar-refractivity contribution in [3.05, 3.63) is 29.3 Å². The molecule has 1 aromatic rings. The fraction of sp³-hybridized carbons (Fsp3) is 0.625. The van der Waals surface area contributed by atoms with Crippen LogP contribution in [-0.4, -0.2) is 11.5 Å². The lowest BCUT2D eigenvalue weighted by Crippen LogP contribution is -2.55. The van der Waals surface area contributed by atoms with Crippen molar-refractivity contribution in [2.24, 2.45) is 5.41 Å². The maximum atomic E-state index is 6.47. The number of benzene rings is 1. The fourth-order valence-corrected chi connectivity index (χ4v) is 4.18. The van der Waals surface area contributed by atoms with E-state index in [9.17, 15) is 0 Å². The summed E-state index contributed by atoms with van der Waals surface area (Å²) >= 11 is 6.47. The van der Waals surface area contributed by atoms with Crippen molar-refractivity contribution in [3.63, 3.8) is 0 Å². The highest BCUT2D eigenvalue weighted by atomic mass is 35.5. The van der Waals surface area contributed by atoms with E-state index in [4.69, 9.17) is 16.3 Å². The highest BCUT2D eigenvalue weighted by Gasteiger charge is 2.57. The molecule has 0 amide bonds. The molecule has 3 rings (SSSR count). The van der Waals surface area contributed by atoms with Gasteiger partial charge in [-0.3, -0.25) is 0 Å². The predicted octanol–water partition coefficient (Wildman–Crippen LogP) is 4.62. The Hall–Kier alpha value is -0.690. The lowest BCUT2D eigenvalue weighted by Gasteiger charge is -2.51. The monoisotopic (exact) mass is 264 g/mol. The number of ether oxygens (including phenoxy) is 1. The summed E-state index contributed by atoms with van der Waals surface area (Å²) in [7, 11) is 0. The molecule has 2 unspecified atom stereocenters. The Bertz CT molecular complexity index is 428. The summed E-state index contributed by atoms with van der Waals surface area (Å²) in [6.45, 7) is 4.25. The van der Waals surface area contributed by atoms with E-state index in [1.807, 2.05) is 0 Å². The van der Waals surface area contributed by atoms with Gasteiger partial charge in [-0.25, -0.2) is 0 Å². The zero-order chi connectivity index (χ0) is 12.8. The van der Waals surface area contributed by atoms with Crippen LogP contribution in [0.3, 0.4) is 0 Å². The molecule has 1 nitrogen and oxygen atoms in total. The molecule has 0 bridgehead atoms. The van der Waals surface area contributed by atoms with E-state index in [2.05, 4.69) is 32.0 Å². The summed E-state index contributed by atoms with van der Waals surface area (Å²) in [5, 5.41) is 0.328. The van der Waals surface area contributed by atoms with Crippen LogP contribution >= 0.6 is 11.6 Å². The molecule has 1 spiro atoms. The van der Waals surface area contributed by atoms with Crippen LogP contribution in [-0.2, 0) is 0 Å². The molecule has 2 fully saturated rings. The quantitative estimate of drug-likeness (QED) is 0.708. The van der Waals surface area contributed by atoms with Crippen LogP contribution < -0.4 is 4.74 Å². The Morgan fingerprint density at radius 2 is 1.78 bits per heavy atom. The number of rotatable bonds is 2. The van der Waals surface area contributed by atoms with Crippen molar-refractivity contribution in [1.29, 1.82) is 0 Å². The summed E-state index contributed by atoms with van der Waals surface area (Å²) in [6, 6.07) is 6.34. The van der Waals surface area contributed by atoms with E-state index >= 15 is 0 Å². The van der Waals surface area contributed by atoms with E-state index in [-0.39, 0.29) is 5.41 Å². The van der Waals surface area contributed by atoms with E-state index in [0.29, 0.717) is 11.5 Å². The largest absolute Gasteiger partial charge is 0.489 e. The van der Waals surface area contributed by atoms with Crippen LogP contribution in [0.4, 0.5) is 0 Å².